The van der Waals surface area contributed by atoms with E-state index in [0.717, 1.165) is 38.5 Å². The van der Waals surface area contributed by atoms with Crippen LogP contribution >= 0.6 is 0 Å². The Morgan fingerprint density at radius 3 is 1.13 bits per heavy atom. The average Bonchev–Trinajstić information content (AvgIpc) is 2.12. The molecule has 0 aromatic heterocycles. The molecule has 2 nitrogen and oxygen atoms in total. The molecule has 0 saturated heterocycles. The predicted molar refractivity (Wildman–Crippen MR) is 63.7 cm³/mol. The Morgan fingerprint density at radius 2 is 1.07 bits per heavy atom. The molecule has 0 aromatic rings. The number of hydrogen-bond acceptors (Lipinski definition) is 2. The van der Waals surface area contributed by atoms with Crippen LogP contribution in [0, 0.1) is 0 Å². The standard InChI is InChI=1S/2C6H13O.Mg/c2*1-3-4-5-6(2)7;/h2*6H,3-5H2,1-2H3;/q2*-1;+2. The molecule has 3 heteroatoms. The van der Waals surface area contributed by atoms with Gasteiger partial charge in [0.1, 0.15) is 0 Å². The SMILES string of the molecule is CCCCC(C)[O-].CCCCC(C)[O-].[Mg+2]. The normalized spacial score (nSPS) is 13.2. The van der Waals surface area contributed by atoms with Gasteiger partial charge in [-0.2, -0.15) is 0 Å². The fraction of sp³-hybridized carbons (Fsp3) is 1.00. The van der Waals surface area contributed by atoms with E-state index in [1.54, 1.807) is 13.8 Å². The summed E-state index contributed by atoms with van der Waals surface area (Å²) in [7, 11) is 0. The van der Waals surface area contributed by atoms with E-state index in [1.807, 2.05) is 0 Å². The van der Waals surface area contributed by atoms with Gasteiger partial charge >= 0.3 is 23.1 Å². The van der Waals surface area contributed by atoms with Crippen LogP contribution in [0.15, 0.2) is 0 Å². The molecule has 0 saturated carbocycles. The van der Waals surface area contributed by atoms with E-state index < -0.39 is 0 Å². The van der Waals surface area contributed by atoms with Crippen molar-refractivity contribution >= 4 is 23.1 Å². The molecule has 0 aliphatic heterocycles. The van der Waals surface area contributed by atoms with Crippen LogP contribution in [0.5, 0.6) is 0 Å². The zero-order valence-electron chi connectivity index (χ0n) is 10.9. The van der Waals surface area contributed by atoms with Crippen molar-refractivity contribution in [3.05, 3.63) is 0 Å². The first-order valence-electron chi connectivity index (χ1n) is 5.86. The predicted octanol–water partition coefficient (Wildman–Crippen LogP) is 1.47. The summed E-state index contributed by atoms with van der Waals surface area (Å²) < 4.78 is 0. The maximum Gasteiger partial charge on any atom is 2.00 e. The number of unbranched alkanes of at least 4 members (excludes halogenated alkanes) is 2. The fourth-order valence-electron chi connectivity index (χ4n) is 0.983. The molecule has 0 radical (unpaired) electrons. The number of hydrogen-bond donors (Lipinski definition) is 0. The van der Waals surface area contributed by atoms with Crippen LogP contribution in [0.3, 0.4) is 0 Å². The van der Waals surface area contributed by atoms with Gasteiger partial charge in [0, 0.05) is 0 Å². The van der Waals surface area contributed by atoms with E-state index >= 15 is 0 Å². The van der Waals surface area contributed by atoms with Crippen LogP contribution in [0.2, 0.25) is 0 Å². The molecule has 0 fully saturated rings. The van der Waals surface area contributed by atoms with E-state index in [-0.39, 0.29) is 35.3 Å². The third kappa shape index (κ3) is 31.3. The topological polar surface area (TPSA) is 46.1 Å². The van der Waals surface area contributed by atoms with E-state index in [0.29, 0.717) is 0 Å². The van der Waals surface area contributed by atoms with Gasteiger partial charge in [0.15, 0.2) is 0 Å². The molecule has 15 heavy (non-hydrogen) atoms. The van der Waals surface area contributed by atoms with Crippen molar-refractivity contribution in [2.45, 2.75) is 78.4 Å². The summed E-state index contributed by atoms with van der Waals surface area (Å²) in [5.74, 6) is 0. The molecule has 0 aromatic carbocycles. The Hall–Kier alpha value is 0.686. The molecule has 0 aliphatic rings. The molecule has 0 aliphatic carbocycles. The Kier molecular flexibility index (Phi) is 24.0. The van der Waals surface area contributed by atoms with Crippen LogP contribution in [0.1, 0.15) is 66.2 Å². The maximum atomic E-state index is 10.3. The number of rotatable bonds is 6. The largest absolute Gasteiger partial charge is 2.00 e. The summed E-state index contributed by atoms with van der Waals surface area (Å²) in [6, 6.07) is 0. The zero-order chi connectivity index (χ0) is 11.4. The molecule has 2 unspecified atom stereocenters. The van der Waals surface area contributed by atoms with Gasteiger partial charge in [-0.15, -0.1) is 12.2 Å². The van der Waals surface area contributed by atoms with Crippen molar-refractivity contribution in [2.75, 3.05) is 0 Å². The molecule has 0 heterocycles. The molecular weight excluding hydrogens is 200 g/mol. The second-order valence-electron chi connectivity index (χ2n) is 3.91. The van der Waals surface area contributed by atoms with E-state index in [4.69, 9.17) is 0 Å². The summed E-state index contributed by atoms with van der Waals surface area (Å²) in [6.07, 6.45) is 5.46. The van der Waals surface area contributed by atoms with Crippen molar-refractivity contribution < 1.29 is 10.2 Å². The first-order chi connectivity index (χ1) is 6.54. The van der Waals surface area contributed by atoms with Crippen LogP contribution in [0.25, 0.3) is 0 Å². The van der Waals surface area contributed by atoms with Gasteiger partial charge in [0.25, 0.3) is 0 Å². The van der Waals surface area contributed by atoms with Crippen molar-refractivity contribution in [3.8, 4) is 0 Å². The van der Waals surface area contributed by atoms with Gasteiger partial charge in [0.05, 0.1) is 0 Å². The van der Waals surface area contributed by atoms with Gasteiger partial charge in [-0.25, -0.2) is 0 Å². The second kappa shape index (κ2) is 17.1. The Labute approximate surface area is 112 Å². The third-order valence-corrected chi connectivity index (χ3v) is 1.93. The molecule has 0 amide bonds. The smallest absolute Gasteiger partial charge is 0.852 e. The van der Waals surface area contributed by atoms with E-state index in [9.17, 15) is 10.2 Å². The maximum absolute atomic E-state index is 10.3. The van der Waals surface area contributed by atoms with Crippen LogP contribution in [-0.2, 0) is 0 Å². The minimum absolute atomic E-state index is 0. The molecule has 88 valence electrons. The first kappa shape index (κ1) is 21.0. The summed E-state index contributed by atoms with van der Waals surface area (Å²) in [5.41, 5.74) is 0. The van der Waals surface area contributed by atoms with Crippen LogP contribution in [-0.4, -0.2) is 35.3 Å². The minimum atomic E-state index is -0.347. The Balaban J connectivity index is -0.000000180. The fourth-order valence-corrected chi connectivity index (χ4v) is 0.983. The minimum Gasteiger partial charge on any atom is -0.852 e. The summed E-state index contributed by atoms with van der Waals surface area (Å²) in [5, 5.41) is 20.6. The summed E-state index contributed by atoms with van der Waals surface area (Å²) in [6.45, 7) is 7.64. The van der Waals surface area contributed by atoms with Gasteiger partial charge in [-0.1, -0.05) is 66.2 Å². The molecular formula is C12H26MgO2. The van der Waals surface area contributed by atoms with Crippen molar-refractivity contribution in [2.24, 2.45) is 0 Å². The van der Waals surface area contributed by atoms with Crippen molar-refractivity contribution in [3.63, 3.8) is 0 Å². The van der Waals surface area contributed by atoms with Crippen LogP contribution < -0.4 is 10.2 Å². The van der Waals surface area contributed by atoms with E-state index in [2.05, 4.69) is 13.8 Å². The first-order valence-corrected chi connectivity index (χ1v) is 5.86. The second-order valence-corrected chi connectivity index (χ2v) is 3.91. The van der Waals surface area contributed by atoms with Crippen molar-refractivity contribution in [1.82, 2.24) is 0 Å². The Bertz CT molecular complexity index is 83.6. The van der Waals surface area contributed by atoms with Gasteiger partial charge < -0.3 is 10.2 Å². The van der Waals surface area contributed by atoms with Gasteiger partial charge in [-0.05, 0) is 0 Å². The van der Waals surface area contributed by atoms with Crippen molar-refractivity contribution in [1.29, 1.82) is 0 Å². The molecule has 0 bridgehead atoms. The van der Waals surface area contributed by atoms with E-state index in [1.165, 1.54) is 0 Å². The quantitative estimate of drug-likeness (QED) is 0.644. The zero-order valence-corrected chi connectivity index (χ0v) is 12.3. The monoisotopic (exact) mass is 226 g/mol. The summed E-state index contributed by atoms with van der Waals surface area (Å²) >= 11 is 0. The molecule has 2 atom stereocenters. The Morgan fingerprint density at radius 1 is 0.800 bits per heavy atom. The third-order valence-electron chi connectivity index (χ3n) is 1.93. The van der Waals surface area contributed by atoms with Gasteiger partial charge in [0.2, 0.25) is 0 Å². The molecule has 0 spiro atoms. The average molecular weight is 227 g/mol. The molecule has 0 N–H and O–H groups in total. The van der Waals surface area contributed by atoms with Gasteiger partial charge in [-0.3, -0.25) is 0 Å². The summed E-state index contributed by atoms with van der Waals surface area (Å²) in [4.78, 5) is 0. The molecule has 0 rings (SSSR count). The van der Waals surface area contributed by atoms with Crippen LogP contribution in [0.4, 0.5) is 0 Å².